The van der Waals surface area contributed by atoms with Crippen molar-refractivity contribution in [2.24, 2.45) is 5.92 Å². The fourth-order valence-electron chi connectivity index (χ4n) is 3.36. The molecule has 0 bridgehead atoms. The SMILES string of the molecule is O=C(O)CCN1CCCOC(CC2CCCCC2)C1. The van der Waals surface area contributed by atoms with Gasteiger partial charge in [-0.2, -0.15) is 0 Å². The number of carbonyl (C=O) groups is 1. The summed E-state index contributed by atoms with van der Waals surface area (Å²) in [5, 5.41) is 8.78. The van der Waals surface area contributed by atoms with Crippen molar-refractivity contribution in [3.63, 3.8) is 0 Å². The monoisotopic (exact) mass is 269 g/mol. The molecule has 2 fully saturated rings. The Morgan fingerprint density at radius 1 is 1.21 bits per heavy atom. The summed E-state index contributed by atoms with van der Waals surface area (Å²) in [6.45, 7) is 3.40. The lowest BCUT2D eigenvalue weighted by Crippen LogP contribution is -2.34. The molecule has 0 spiro atoms. The first-order valence-electron chi connectivity index (χ1n) is 7.80. The van der Waals surface area contributed by atoms with Gasteiger partial charge in [0.2, 0.25) is 0 Å². The Morgan fingerprint density at radius 2 is 2.00 bits per heavy atom. The number of ether oxygens (including phenoxy) is 1. The van der Waals surface area contributed by atoms with Crippen LogP contribution >= 0.6 is 0 Å². The van der Waals surface area contributed by atoms with Crippen LogP contribution in [0, 0.1) is 5.92 Å². The van der Waals surface area contributed by atoms with Crippen LogP contribution in [-0.4, -0.2) is 48.3 Å². The zero-order valence-corrected chi connectivity index (χ0v) is 11.9. The number of carboxylic acid groups (broad SMARTS) is 1. The summed E-state index contributed by atoms with van der Waals surface area (Å²) in [7, 11) is 0. The van der Waals surface area contributed by atoms with Gasteiger partial charge in [-0.1, -0.05) is 32.1 Å². The Balaban J connectivity index is 1.76. The van der Waals surface area contributed by atoms with Gasteiger partial charge in [0.05, 0.1) is 12.5 Å². The van der Waals surface area contributed by atoms with Gasteiger partial charge in [-0.3, -0.25) is 4.79 Å². The minimum Gasteiger partial charge on any atom is -0.481 e. The number of hydrogen-bond donors (Lipinski definition) is 1. The molecule has 1 N–H and O–H groups in total. The molecule has 1 atom stereocenters. The van der Waals surface area contributed by atoms with Crippen molar-refractivity contribution in [2.75, 3.05) is 26.2 Å². The summed E-state index contributed by atoms with van der Waals surface area (Å²) >= 11 is 0. The van der Waals surface area contributed by atoms with Gasteiger partial charge in [0, 0.05) is 26.2 Å². The molecule has 0 aromatic carbocycles. The van der Waals surface area contributed by atoms with Crippen molar-refractivity contribution in [3.05, 3.63) is 0 Å². The number of aliphatic carboxylic acids is 1. The lowest BCUT2D eigenvalue weighted by atomic mass is 9.85. The topological polar surface area (TPSA) is 49.8 Å². The maximum Gasteiger partial charge on any atom is 0.304 e. The summed E-state index contributed by atoms with van der Waals surface area (Å²) in [5.41, 5.74) is 0. The fourth-order valence-corrected chi connectivity index (χ4v) is 3.36. The van der Waals surface area contributed by atoms with E-state index >= 15 is 0 Å². The number of hydrogen-bond acceptors (Lipinski definition) is 3. The standard InChI is InChI=1S/C15H27NO3/c17-15(18)7-9-16-8-4-10-19-14(12-16)11-13-5-2-1-3-6-13/h13-14H,1-12H2,(H,17,18). The Morgan fingerprint density at radius 3 is 2.74 bits per heavy atom. The molecular weight excluding hydrogens is 242 g/mol. The van der Waals surface area contributed by atoms with Gasteiger partial charge in [0.1, 0.15) is 0 Å². The Labute approximate surface area is 116 Å². The van der Waals surface area contributed by atoms with E-state index < -0.39 is 5.97 Å². The van der Waals surface area contributed by atoms with Crippen molar-refractivity contribution in [2.45, 2.75) is 57.5 Å². The van der Waals surface area contributed by atoms with Gasteiger partial charge in [-0.05, 0) is 18.8 Å². The largest absolute Gasteiger partial charge is 0.481 e. The predicted octanol–water partition coefficient (Wildman–Crippen LogP) is 2.52. The Hall–Kier alpha value is -0.610. The molecule has 1 heterocycles. The highest BCUT2D eigenvalue weighted by molar-refractivity contribution is 5.66. The number of nitrogens with zero attached hydrogens (tertiary/aromatic N) is 1. The highest BCUT2D eigenvalue weighted by Crippen LogP contribution is 2.28. The summed E-state index contributed by atoms with van der Waals surface area (Å²) in [4.78, 5) is 12.9. The Bertz CT molecular complexity index is 277. The van der Waals surface area contributed by atoms with Crippen LogP contribution in [0.5, 0.6) is 0 Å². The van der Waals surface area contributed by atoms with E-state index in [1.54, 1.807) is 0 Å². The van der Waals surface area contributed by atoms with Crippen LogP contribution in [0.3, 0.4) is 0 Å². The third-order valence-corrected chi connectivity index (χ3v) is 4.40. The first-order chi connectivity index (χ1) is 9.24. The molecule has 4 heteroatoms. The summed E-state index contributed by atoms with van der Waals surface area (Å²) < 4.78 is 5.95. The van der Waals surface area contributed by atoms with E-state index in [0.29, 0.717) is 12.6 Å². The smallest absolute Gasteiger partial charge is 0.304 e. The minimum atomic E-state index is -0.700. The van der Waals surface area contributed by atoms with E-state index in [9.17, 15) is 4.79 Å². The second-order valence-corrected chi connectivity index (χ2v) is 6.03. The van der Waals surface area contributed by atoms with E-state index in [0.717, 1.165) is 32.0 Å². The molecule has 4 nitrogen and oxygen atoms in total. The van der Waals surface area contributed by atoms with Crippen molar-refractivity contribution in [1.29, 1.82) is 0 Å². The molecule has 0 amide bonds. The zero-order valence-electron chi connectivity index (χ0n) is 11.9. The lowest BCUT2D eigenvalue weighted by molar-refractivity contribution is -0.137. The second kappa shape index (κ2) is 7.85. The van der Waals surface area contributed by atoms with Crippen molar-refractivity contribution >= 4 is 5.97 Å². The molecule has 0 aromatic heterocycles. The highest BCUT2D eigenvalue weighted by atomic mass is 16.5. The van der Waals surface area contributed by atoms with Crippen LogP contribution in [0.1, 0.15) is 51.4 Å². The maximum absolute atomic E-state index is 10.7. The van der Waals surface area contributed by atoms with Gasteiger partial charge in [-0.25, -0.2) is 0 Å². The van der Waals surface area contributed by atoms with E-state index in [4.69, 9.17) is 9.84 Å². The maximum atomic E-state index is 10.7. The molecule has 2 rings (SSSR count). The normalized spacial score (nSPS) is 27.1. The van der Waals surface area contributed by atoms with Gasteiger partial charge in [0.15, 0.2) is 0 Å². The highest BCUT2D eigenvalue weighted by Gasteiger charge is 2.23. The third-order valence-electron chi connectivity index (χ3n) is 4.40. The second-order valence-electron chi connectivity index (χ2n) is 6.03. The average Bonchev–Trinajstić information content (AvgIpc) is 2.63. The van der Waals surface area contributed by atoms with E-state index in [-0.39, 0.29) is 6.42 Å². The molecule has 19 heavy (non-hydrogen) atoms. The third kappa shape index (κ3) is 5.49. The van der Waals surface area contributed by atoms with Crippen molar-refractivity contribution in [3.8, 4) is 0 Å². The van der Waals surface area contributed by atoms with Crippen molar-refractivity contribution in [1.82, 2.24) is 4.90 Å². The van der Waals surface area contributed by atoms with Gasteiger partial charge < -0.3 is 14.7 Å². The quantitative estimate of drug-likeness (QED) is 0.833. The minimum absolute atomic E-state index is 0.246. The first-order valence-corrected chi connectivity index (χ1v) is 7.80. The molecule has 1 aliphatic heterocycles. The molecule has 1 saturated carbocycles. The van der Waals surface area contributed by atoms with Crippen LogP contribution in [0.4, 0.5) is 0 Å². The zero-order chi connectivity index (χ0) is 13.5. The molecule has 1 saturated heterocycles. The van der Waals surface area contributed by atoms with Gasteiger partial charge >= 0.3 is 5.97 Å². The van der Waals surface area contributed by atoms with E-state index in [1.165, 1.54) is 38.5 Å². The summed E-state index contributed by atoms with van der Waals surface area (Å²) in [6.07, 6.45) is 9.62. The van der Waals surface area contributed by atoms with E-state index in [1.807, 2.05) is 0 Å². The molecule has 1 aliphatic carbocycles. The lowest BCUT2D eigenvalue weighted by Gasteiger charge is -2.28. The van der Waals surface area contributed by atoms with Gasteiger partial charge in [0.25, 0.3) is 0 Å². The molecule has 2 aliphatic rings. The fraction of sp³-hybridized carbons (Fsp3) is 0.933. The predicted molar refractivity (Wildman–Crippen MR) is 74.2 cm³/mol. The number of rotatable bonds is 5. The molecule has 0 radical (unpaired) electrons. The van der Waals surface area contributed by atoms with Gasteiger partial charge in [-0.15, -0.1) is 0 Å². The van der Waals surface area contributed by atoms with Crippen LogP contribution in [0.25, 0.3) is 0 Å². The average molecular weight is 269 g/mol. The van der Waals surface area contributed by atoms with Crippen LogP contribution in [0.15, 0.2) is 0 Å². The van der Waals surface area contributed by atoms with Crippen LogP contribution in [-0.2, 0) is 9.53 Å². The Kier molecular flexibility index (Phi) is 6.11. The van der Waals surface area contributed by atoms with E-state index in [2.05, 4.69) is 4.90 Å². The van der Waals surface area contributed by atoms with Crippen LogP contribution in [0.2, 0.25) is 0 Å². The van der Waals surface area contributed by atoms with Crippen LogP contribution < -0.4 is 0 Å². The number of carboxylic acids is 1. The van der Waals surface area contributed by atoms with Crippen molar-refractivity contribution < 1.29 is 14.6 Å². The first kappa shape index (κ1) is 14.8. The molecular formula is C15H27NO3. The summed E-state index contributed by atoms with van der Waals surface area (Å²) in [6, 6.07) is 0. The summed E-state index contributed by atoms with van der Waals surface area (Å²) in [5.74, 6) is 0.132. The molecule has 1 unspecified atom stereocenters. The molecule has 110 valence electrons. The molecule has 0 aromatic rings.